The Morgan fingerprint density at radius 3 is 2.27 bits per heavy atom. The lowest BCUT2D eigenvalue weighted by Gasteiger charge is -2.11. The number of hydrogen-bond acceptors (Lipinski definition) is 3. The van der Waals surface area contributed by atoms with Crippen molar-refractivity contribution in [2.45, 2.75) is 19.5 Å². The van der Waals surface area contributed by atoms with E-state index in [9.17, 15) is 22.8 Å². The first-order valence-corrected chi connectivity index (χ1v) is 10.0. The highest BCUT2D eigenvalue weighted by molar-refractivity contribution is 8.02. The van der Waals surface area contributed by atoms with Crippen LogP contribution in [0.1, 0.15) is 24.5 Å². The molecule has 0 fully saturated rings. The van der Waals surface area contributed by atoms with Gasteiger partial charge in [-0.1, -0.05) is 30.3 Å². The van der Waals surface area contributed by atoms with E-state index in [1.54, 1.807) is 18.2 Å². The minimum absolute atomic E-state index is 0.302. The molecule has 1 aliphatic rings. The Kier molecular flexibility index (Phi) is 8.29. The number of anilines is 1. The zero-order chi connectivity index (χ0) is 22.1. The third kappa shape index (κ3) is 6.81. The first kappa shape index (κ1) is 23.3. The molecule has 0 saturated carbocycles. The standard InChI is InChI=1S/C18H15F3N2O2.C4H6S/c1-11(17(22)25)8-14-3-2-13(9-16(14)23-10-24)12-4-6-15(7-5-12)18(19,20)21;1-2-4-5-3-1/h2-10H,1H3,(H2,22,25)(H,23,24);1,3H,2,4H2/b11-8+;. The van der Waals surface area contributed by atoms with Gasteiger partial charge in [0, 0.05) is 17.0 Å². The van der Waals surface area contributed by atoms with Gasteiger partial charge in [-0.05, 0) is 59.7 Å². The average Bonchev–Trinajstić information content (AvgIpc) is 3.29. The van der Waals surface area contributed by atoms with Gasteiger partial charge in [-0.15, -0.1) is 11.8 Å². The maximum Gasteiger partial charge on any atom is 0.416 e. The summed E-state index contributed by atoms with van der Waals surface area (Å²) in [6.07, 6.45) is 1.08. The number of amides is 2. The molecule has 8 heteroatoms. The summed E-state index contributed by atoms with van der Waals surface area (Å²) in [5.74, 6) is 0.712. The van der Waals surface area contributed by atoms with Gasteiger partial charge in [-0.25, -0.2) is 0 Å². The van der Waals surface area contributed by atoms with Gasteiger partial charge in [-0.3, -0.25) is 9.59 Å². The molecule has 0 spiro atoms. The maximum absolute atomic E-state index is 12.6. The van der Waals surface area contributed by atoms with Crippen LogP contribution in [0.2, 0.25) is 0 Å². The van der Waals surface area contributed by atoms with Crippen LogP contribution >= 0.6 is 11.8 Å². The number of hydrogen-bond donors (Lipinski definition) is 2. The lowest BCUT2D eigenvalue weighted by molar-refractivity contribution is -0.137. The van der Waals surface area contributed by atoms with Crippen LogP contribution in [0.15, 0.2) is 59.5 Å². The van der Waals surface area contributed by atoms with E-state index in [-0.39, 0.29) is 0 Å². The third-order valence-electron chi connectivity index (χ3n) is 4.17. The number of rotatable bonds is 5. The molecule has 2 aromatic carbocycles. The lowest BCUT2D eigenvalue weighted by atomic mass is 10.00. The second kappa shape index (κ2) is 10.7. The molecule has 0 atom stereocenters. The van der Waals surface area contributed by atoms with Gasteiger partial charge in [0.2, 0.25) is 12.3 Å². The molecule has 3 rings (SSSR count). The number of alkyl halides is 3. The fourth-order valence-electron chi connectivity index (χ4n) is 2.55. The van der Waals surface area contributed by atoms with E-state index >= 15 is 0 Å². The van der Waals surface area contributed by atoms with Gasteiger partial charge in [-0.2, -0.15) is 13.2 Å². The zero-order valence-corrected chi connectivity index (χ0v) is 17.0. The molecule has 1 heterocycles. The first-order valence-electron chi connectivity index (χ1n) is 8.99. The SMILES string of the molecule is C/C(=C\c1ccc(-c2ccc(C(F)(F)F)cc2)cc1NC=O)C(N)=O.C1=CSCC1. The highest BCUT2D eigenvalue weighted by atomic mass is 32.2. The summed E-state index contributed by atoms with van der Waals surface area (Å²) in [6.45, 7) is 1.54. The summed E-state index contributed by atoms with van der Waals surface area (Å²) in [5, 5.41) is 4.66. The van der Waals surface area contributed by atoms with E-state index in [1.165, 1.54) is 37.3 Å². The molecule has 158 valence electrons. The van der Waals surface area contributed by atoms with Crippen LogP contribution in [0.3, 0.4) is 0 Å². The molecular formula is C22H21F3N2O2S. The number of allylic oxidation sites excluding steroid dienone is 1. The molecule has 0 unspecified atom stereocenters. The molecule has 3 N–H and O–H groups in total. The number of carbonyl (C=O) groups is 2. The van der Waals surface area contributed by atoms with E-state index in [4.69, 9.17) is 5.73 Å². The van der Waals surface area contributed by atoms with Gasteiger partial charge in [0.15, 0.2) is 0 Å². The minimum atomic E-state index is -4.40. The summed E-state index contributed by atoms with van der Waals surface area (Å²) in [5.41, 5.74) is 6.90. The summed E-state index contributed by atoms with van der Waals surface area (Å²) in [4.78, 5) is 21.9. The predicted molar refractivity (Wildman–Crippen MR) is 116 cm³/mol. The van der Waals surface area contributed by atoms with Crippen LogP contribution in [0, 0.1) is 0 Å². The van der Waals surface area contributed by atoms with Crippen molar-refractivity contribution in [2.75, 3.05) is 11.1 Å². The molecule has 30 heavy (non-hydrogen) atoms. The Morgan fingerprint density at radius 2 is 1.80 bits per heavy atom. The highest BCUT2D eigenvalue weighted by Gasteiger charge is 2.29. The summed E-state index contributed by atoms with van der Waals surface area (Å²) >= 11 is 1.89. The van der Waals surface area contributed by atoms with Gasteiger partial charge < -0.3 is 11.1 Å². The van der Waals surface area contributed by atoms with E-state index in [0.29, 0.717) is 34.4 Å². The van der Waals surface area contributed by atoms with E-state index in [1.807, 2.05) is 11.8 Å². The quantitative estimate of drug-likeness (QED) is 0.484. The number of nitrogens with one attached hydrogen (secondary N) is 1. The molecule has 0 saturated heterocycles. The van der Waals surface area contributed by atoms with E-state index in [2.05, 4.69) is 16.8 Å². The van der Waals surface area contributed by atoms with Crippen LogP contribution in [-0.2, 0) is 15.8 Å². The molecule has 2 amide bonds. The molecule has 0 bridgehead atoms. The second-order valence-corrected chi connectivity index (χ2v) is 7.38. The number of nitrogens with two attached hydrogens (primary N) is 1. The molecule has 4 nitrogen and oxygen atoms in total. The second-order valence-electron chi connectivity index (χ2n) is 6.36. The highest BCUT2D eigenvalue weighted by Crippen LogP contribution is 2.32. The normalized spacial score (nSPS) is 13.4. The number of primary amides is 1. The van der Waals surface area contributed by atoms with Crippen molar-refractivity contribution in [1.82, 2.24) is 0 Å². The van der Waals surface area contributed by atoms with Crippen LogP contribution < -0.4 is 11.1 Å². The van der Waals surface area contributed by atoms with Crippen molar-refractivity contribution in [3.63, 3.8) is 0 Å². The van der Waals surface area contributed by atoms with Crippen molar-refractivity contribution in [2.24, 2.45) is 5.73 Å². The van der Waals surface area contributed by atoms with Crippen molar-refractivity contribution >= 4 is 35.8 Å². The van der Waals surface area contributed by atoms with Gasteiger partial charge in [0.25, 0.3) is 0 Å². The molecule has 0 aromatic heterocycles. The monoisotopic (exact) mass is 434 g/mol. The summed E-state index contributed by atoms with van der Waals surface area (Å²) in [7, 11) is 0. The lowest BCUT2D eigenvalue weighted by Crippen LogP contribution is -2.11. The smallest absolute Gasteiger partial charge is 0.366 e. The largest absolute Gasteiger partial charge is 0.416 e. The Morgan fingerprint density at radius 1 is 1.13 bits per heavy atom. The van der Waals surface area contributed by atoms with Crippen molar-refractivity contribution in [3.8, 4) is 11.1 Å². The fraction of sp³-hybridized carbons (Fsp3) is 0.182. The molecule has 0 aliphatic carbocycles. The predicted octanol–water partition coefficient (Wildman–Crippen LogP) is 5.47. The number of benzene rings is 2. The number of thioether (sulfide) groups is 1. The minimum Gasteiger partial charge on any atom is -0.366 e. The molecule has 1 aliphatic heterocycles. The van der Waals surface area contributed by atoms with Gasteiger partial charge in [0.05, 0.1) is 5.56 Å². The van der Waals surface area contributed by atoms with Gasteiger partial charge >= 0.3 is 6.18 Å². The van der Waals surface area contributed by atoms with E-state index < -0.39 is 17.6 Å². The zero-order valence-electron chi connectivity index (χ0n) is 16.2. The van der Waals surface area contributed by atoms with Crippen molar-refractivity contribution in [1.29, 1.82) is 0 Å². The average molecular weight is 434 g/mol. The fourth-order valence-corrected chi connectivity index (χ4v) is 3.23. The Bertz CT molecular complexity index is 946. The molecule has 2 aromatic rings. The molecule has 0 radical (unpaired) electrons. The maximum atomic E-state index is 12.6. The van der Waals surface area contributed by atoms with Crippen molar-refractivity contribution in [3.05, 3.63) is 70.6 Å². The number of carbonyl (C=O) groups excluding carboxylic acids is 2. The van der Waals surface area contributed by atoms with Crippen LogP contribution in [0.4, 0.5) is 18.9 Å². The van der Waals surface area contributed by atoms with E-state index in [0.717, 1.165) is 12.1 Å². The first-order chi connectivity index (χ1) is 14.2. The van der Waals surface area contributed by atoms with Crippen LogP contribution in [0.25, 0.3) is 17.2 Å². The van der Waals surface area contributed by atoms with Crippen molar-refractivity contribution < 1.29 is 22.8 Å². The van der Waals surface area contributed by atoms with Crippen LogP contribution in [0.5, 0.6) is 0 Å². The topological polar surface area (TPSA) is 72.2 Å². The number of halogens is 3. The Labute approximate surface area is 177 Å². The molecular weight excluding hydrogens is 413 g/mol. The third-order valence-corrected chi connectivity index (χ3v) is 5.03. The Balaban J connectivity index is 0.000000558. The van der Waals surface area contributed by atoms with Crippen LogP contribution in [-0.4, -0.2) is 18.1 Å². The van der Waals surface area contributed by atoms with Gasteiger partial charge in [0.1, 0.15) is 0 Å². The summed E-state index contributed by atoms with van der Waals surface area (Å²) in [6, 6.07) is 9.63. The summed E-state index contributed by atoms with van der Waals surface area (Å²) < 4.78 is 37.9. The Hall–Kier alpha value is -3.00.